The number of alkyl halides is 3. The van der Waals surface area contributed by atoms with E-state index in [1.165, 1.54) is 6.08 Å². The van der Waals surface area contributed by atoms with E-state index in [0.717, 1.165) is 11.6 Å². The molecule has 0 fully saturated rings. The molecule has 2 aromatic rings. The molecule has 4 nitrogen and oxygen atoms in total. The third kappa shape index (κ3) is 6.40. The Kier molecular flexibility index (Phi) is 7.03. The average molecular weight is 385 g/mol. The van der Waals surface area contributed by atoms with E-state index in [1.54, 1.807) is 6.08 Å². The molecule has 0 unspecified atom stereocenters. The Bertz CT molecular complexity index is 765. The smallest absolute Gasteiger partial charge is 0.417 e. The van der Waals surface area contributed by atoms with Crippen LogP contribution in [0, 0.1) is 0 Å². The minimum atomic E-state index is -4.48. The summed E-state index contributed by atoms with van der Waals surface area (Å²) in [4.78, 5) is 15.1. The Hall–Kier alpha value is -2.54. The van der Waals surface area contributed by atoms with E-state index in [2.05, 4.69) is 10.3 Å². The van der Waals surface area contributed by atoms with Crippen LogP contribution in [0.2, 0.25) is 5.15 Å². The van der Waals surface area contributed by atoms with E-state index in [9.17, 15) is 18.0 Å². The van der Waals surface area contributed by atoms with Crippen LogP contribution in [0.3, 0.4) is 0 Å². The summed E-state index contributed by atoms with van der Waals surface area (Å²) >= 11 is 5.79. The summed E-state index contributed by atoms with van der Waals surface area (Å²) in [6.45, 7) is 0.433. The van der Waals surface area contributed by atoms with E-state index < -0.39 is 17.8 Å². The number of carbonyl (C=O) groups is 1. The summed E-state index contributed by atoms with van der Waals surface area (Å²) in [5.41, 5.74) is 0.159. The number of ether oxygens (including phenoxy) is 1. The van der Waals surface area contributed by atoms with Gasteiger partial charge in [-0.2, -0.15) is 13.2 Å². The second kappa shape index (κ2) is 9.24. The van der Waals surface area contributed by atoms with Gasteiger partial charge < -0.3 is 10.1 Å². The van der Waals surface area contributed by atoms with Crippen molar-refractivity contribution >= 4 is 23.8 Å². The van der Waals surface area contributed by atoms with Crippen molar-refractivity contribution in [1.82, 2.24) is 10.3 Å². The van der Waals surface area contributed by atoms with Crippen LogP contribution in [-0.4, -0.2) is 17.6 Å². The van der Waals surface area contributed by atoms with Gasteiger partial charge in [0.1, 0.15) is 11.8 Å². The third-order valence-electron chi connectivity index (χ3n) is 3.28. The number of pyridine rings is 1. The number of rotatable bonds is 6. The van der Waals surface area contributed by atoms with Crippen LogP contribution >= 0.6 is 11.6 Å². The van der Waals surface area contributed by atoms with E-state index in [-0.39, 0.29) is 23.9 Å². The second-order valence-corrected chi connectivity index (χ2v) is 5.64. The lowest BCUT2D eigenvalue weighted by Crippen LogP contribution is -2.24. The van der Waals surface area contributed by atoms with Crippen LogP contribution < -0.4 is 5.32 Å². The number of halogens is 4. The number of nitrogens with zero attached hydrogens (tertiary/aromatic N) is 1. The molecule has 1 N–H and O–H groups in total. The highest BCUT2D eigenvalue weighted by Gasteiger charge is 2.31. The number of hydrogen-bond donors (Lipinski definition) is 1. The predicted octanol–water partition coefficient (Wildman–Crippen LogP) is 5.08. The van der Waals surface area contributed by atoms with Gasteiger partial charge >= 0.3 is 12.3 Å². The zero-order chi connectivity index (χ0) is 19.0. The van der Waals surface area contributed by atoms with Crippen molar-refractivity contribution in [2.24, 2.45) is 0 Å². The van der Waals surface area contributed by atoms with Crippen LogP contribution in [0.15, 0.2) is 48.7 Å². The van der Waals surface area contributed by atoms with Gasteiger partial charge in [0.05, 0.1) is 5.56 Å². The molecule has 26 heavy (non-hydrogen) atoms. The van der Waals surface area contributed by atoms with E-state index >= 15 is 0 Å². The van der Waals surface area contributed by atoms with Gasteiger partial charge in [-0.3, -0.25) is 0 Å². The van der Waals surface area contributed by atoms with Crippen molar-refractivity contribution < 1.29 is 22.7 Å². The normalized spacial score (nSPS) is 11.5. The number of benzene rings is 1. The highest BCUT2D eigenvalue weighted by molar-refractivity contribution is 6.30. The summed E-state index contributed by atoms with van der Waals surface area (Å²) in [5.74, 6) is 0. The van der Waals surface area contributed by atoms with Crippen molar-refractivity contribution in [3.63, 3.8) is 0 Å². The molecule has 1 aromatic heterocycles. The maximum atomic E-state index is 12.7. The molecule has 0 bridgehead atoms. The molecule has 0 aliphatic carbocycles. The lowest BCUT2D eigenvalue weighted by Gasteiger charge is -2.07. The van der Waals surface area contributed by atoms with Crippen molar-refractivity contribution in [1.29, 1.82) is 0 Å². The van der Waals surface area contributed by atoms with Gasteiger partial charge in [-0.1, -0.05) is 54.1 Å². The molecule has 1 amide bonds. The molecule has 0 saturated carbocycles. The SMILES string of the molecule is O=C(NCCC=Cc1cc(C(F)(F)F)cnc1Cl)OCc1ccccc1. The number of nitrogens with one attached hydrogen (secondary N) is 1. The maximum Gasteiger partial charge on any atom is 0.417 e. The highest BCUT2D eigenvalue weighted by atomic mass is 35.5. The van der Waals surface area contributed by atoms with E-state index in [4.69, 9.17) is 16.3 Å². The minimum absolute atomic E-state index is 0.0236. The van der Waals surface area contributed by atoms with Gasteiger partial charge in [-0.15, -0.1) is 0 Å². The largest absolute Gasteiger partial charge is 0.445 e. The first-order chi connectivity index (χ1) is 12.4. The molecule has 0 spiro atoms. The predicted molar refractivity (Wildman–Crippen MR) is 92.5 cm³/mol. The first-order valence-electron chi connectivity index (χ1n) is 7.70. The lowest BCUT2D eigenvalue weighted by atomic mass is 10.2. The fraction of sp³-hybridized carbons (Fsp3) is 0.222. The molecular formula is C18H16ClF3N2O2. The van der Waals surface area contributed by atoms with Gasteiger partial charge in [0.2, 0.25) is 0 Å². The molecule has 0 radical (unpaired) electrons. The lowest BCUT2D eigenvalue weighted by molar-refractivity contribution is -0.137. The zero-order valence-electron chi connectivity index (χ0n) is 13.6. The topological polar surface area (TPSA) is 51.2 Å². The van der Waals surface area contributed by atoms with Crippen LogP contribution in [0.25, 0.3) is 6.08 Å². The molecule has 8 heteroatoms. The second-order valence-electron chi connectivity index (χ2n) is 5.28. The maximum absolute atomic E-state index is 12.7. The Morgan fingerprint density at radius 2 is 2.00 bits per heavy atom. The van der Waals surface area contributed by atoms with Crippen molar-refractivity contribution in [2.75, 3.05) is 6.54 Å². The van der Waals surface area contributed by atoms with Crippen LogP contribution in [0.4, 0.5) is 18.0 Å². The molecule has 1 heterocycles. The number of alkyl carbamates (subject to hydrolysis) is 1. The summed E-state index contributed by atoms with van der Waals surface area (Å²) in [6.07, 6.45) is -0.940. The summed E-state index contributed by atoms with van der Waals surface area (Å²) in [5, 5.41) is 2.52. The van der Waals surface area contributed by atoms with Crippen LogP contribution in [0.1, 0.15) is 23.1 Å². The average Bonchev–Trinajstić information content (AvgIpc) is 2.61. The third-order valence-corrected chi connectivity index (χ3v) is 3.60. The van der Waals surface area contributed by atoms with Gasteiger partial charge in [0, 0.05) is 18.3 Å². The molecule has 0 aliphatic heterocycles. The van der Waals surface area contributed by atoms with Crippen LogP contribution in [0.5, 0.6) is 0 Å². The Morgan fingerprint density at radius 3 is 2.69 bits per heavy atom. The van der Waals surface area contributed by atoms with E-state index in [1.807, 2.05) is 30.3 Å². The zero-order valence-corrected chi connectivity index (χ0v) is 14.3. The summed E-state index contributed by atoms with van der Waals surface area (Å²) in [7, 11) is 0. The summed E-state index contributed by atoms with van der Waals surface area (Å²) < 4.78 is 43.0. The number of amides is 1. The fourth-order valence-corrected chi connectivity index (χ4v) is 2.15. The first kappa shape index (κ1) is 19.8. The van der Waals surface area contributed by atoms with Gasteiger partial charge in [0.15, 0.2) is 0 Å². The Morgan fingerprint density at radius 1 is 1.27 bits per heavy atom. The standard InChI is InChI=1S/C18H16ClF3N2O2/c19-16-14(10-15(11-24-16)18(20,21)22)8-4-5-9-23-17(25)26-12-13-6-2-1-3-7-13/h1-4,6-8,10-11H,5,9,12H2,(H,23,25). The highest BCUT2D eigenvalue weighted by Crippen LogP contribution is 2.30. The molecule has 0 aliphatic rings. The summed E-state index contributed by atoms with van der Waals surface area (Å²) in [6, 6.07) is 10.1. The molecule has 0 atom stereocenters. The molecule has 0 saturated heterocycles. The Labute approximate surface area is 153 Å². The quantitative estimate of drug-likeness (QED) is 0.558. The number of hydrogen-bond acceptors (Lipinski definition) is 3. The van der Waals surface area contributed by atoms with Crippen molar-refractivity contribution in [3.05, 3.63) is 70.5 Å². The van der Waals surface area contributed by atoms with E-state index in [0.29, 0.717) is 12.6 Å². The van der Waals surface area contributed by atoms with Gasteiger partial charge in [-0.05, 0) is 18.1 Å². The first-order valence-corrected chi connectivity index (χ1v) is 8.08. The van der Waals surface area contributed by atoms with Crippen LogP contribution in [-0.2, 0) is 17.5 Å². The van der Waals surface area contributed by atoms with Crippen molar-refractivity contribution in [3.8, 4) is 0 Å². The molecular weight excluding hydrogens is 369 g/mol. The number of carbonyl (C=O) groups excluding carboxylic acids is 1. The van der Waals surface area contributed by atoms with Crippen molar-refractivity contribution in [2.45, 2.75) is 19.2 Å². The van der Waals surface area contributed by atoms with Gasteiger partial charge in [-0.25, -0.2) is 9.78 Å². The Balaban J connectivity index is 1.76. The molecule has 1 aromatic carbocycles. The molecule has 138 valence electrons. The molecule has 2 rings (SSSR count). The minimum Gasteiger partial charge on any atom is -0.445 e. The monoisotopic (exact) mass is 384 g/mol. The fourth-order valence-electron chi connectivity index (χ4n) is 1.98. The number of aromatic nitrogens is 1. The van der Waals surface area contributed by atoms with Gasteiger partial charge in [0.25, 0.3) is 0 Å².